The van der Waals surface area contributed by atoms with Gasteiger partial charge in [-0.15, -0.1) is 0 Å². The number of fused-ring (bicyclic) bond motifs is 6. The number of anilines is 6. The maximum Gasteiger partial charge on any atom is 0.160 e. The smallest absolute Gasteiger partial charge is 0.160 e. The Balaban J connectivity index is 0.769. The largest absolute Gasteiger partial charge is 0.457 e. The lowest BCUT2D eigenvalue weighted by atomic mass is 9.67. The van der Waals surface area contributed by atoms with Gasteiger partial charge in [0.1, 0.15) is 23.0 Å². The maximum atomic E-state index is 15.7. The van der Waals surface area contributed by atoms with Crippen LogP contribution < -0.4 is 19.3 Å². The highest BCUT2D eigenvalue weighted by Gasteiger charge is 2.48. The second kappa shape index (κ2) is 25.0. The molecule has 98 heavy (non-hydrogen) atoms. The Labute approximate surface area is 566 Å². The fourth-order valence-electron chi connectivity index (χ4n) is 14.7. The Kier molecular flexibility index (Phi) is 15.4. The molecule has 2 aliphatic rings. The van der Waals surface area contributed by atoms with Crippen LogP contribution in [0.15, 0.2) is 341 Å². The lowest BCUT2D eigenvalue weighted by Crippen LogP contribution is -2.28. The molecule has 0 heterocycles. The van der Waals surface area contributed by atoms with Gasteiger partial charge in [0.15, 0.2) is 23.3 Å². The van der Waals surface area contributed by atoms with E-state index in [-0.39, 0.29) is 0 Å². The molecule has 0 amide bonds. The lowest BCUT2D eigenvalue weighted by molar-refractivity contribution is 0.482. The summed E-state index contributed by atoms with van der Waals surface area (Å²) < 4.78 is 74.1. The number of benzene rings is 14. The number of ether oxygens (including phenoxy) is 2. The van der Waals surface area contributed by atoms with Crippen molar-refractivity contribution in [2.45, 2.75) is 10.8 Å². The quantitative estimate of drug-likeness (QED) is 0.0849. The molecule has 16 rings (SSSR count). The van der Waals surface area contributed by atoms with E-state index in [1.165, 1.54) is 12.1 Å². The van der Waals surface area contributed by atoms with Crippen molar-refractivity contribution in [1.29, 1.82) is 0 Å². The molecule has 0 fully saturated rings. The van der Waals surface area contributed by atoms with Crippen molar-refractivity contribution >= 4 is 46.3 Å². The molecule has 2 unspecified atom stereocenters. The molecule has 0 bridgehead atoms. The van der Waals surface area contributed by atoms with E-state index in [1.54, 1.807) is 24.3 Å². The highest BCUT2D eigenvalue weighted by molar-refractivity contribution is 5.92. The number of nitrogens with zero attached hydrogens (tertiary/aromatic N) is 2. The van der Waals surface area contributed by atoms with Gasteiger partial charge in [-0.2, -0.15) is 0 Å². The molecule has 470 valence electrons. The summed E-state index contributed by atoms with van der Waals surface area (Å²) in [5.74, 6) is -1.08. The summed E-state index contributed by atoms with van der Waals surface area (Å²) in [5.41, 5.74) is 18.5. The van der Waals surface area contributed by atoms with Gasteiger partial charge in [0.05, 0.1) is 10.8 Å². The maximum absolute atomic E-state index is 15.7. The molecule has 2 atom stereocenters. The van der Waals surface area contributed by atoms with Crippen LogP contribution in [0.3, 0.4) is 0 Å². The van der Waals surface area contributed by atoms with Gasteiger partial charge < -0.3 is 19.3 Å². The SMILES string of the molecule is C=Cc1ccc(Oc2ccc(C3(c4ccccc4)c4ccccc4-c4ccc(N(c5ccc(-c6ccc(N(c7ccc(F)c(F)c7)c7ccc8c(c7)C(c7ccccc7)(c7ccc(Oc9ccc(C=C)cc9)cc7)c7ccccc7-8)cc6)cc5)c5ccc(F)c(F)c5)cc43)cc2)cc1. The monoisotopic (exact) mass is 1280 g/mol. The second-order valence-electron chi connectivity index (χ2n) is 24.5. The van der Waals surface area contributed by atoms with Crippen LogP contribution in [0.4, 0.5) is 51.7 Å². The van der Waals surface area contributed by atoms with E-state index in [0.717, 1.165) is 113 Å². The third kappa shape index (κ3) is 10.4. The van der Waals surface area contributed by atoms with E-state index >= 15 is 8.78 Å². The zero-order chi connectivity index (χ0) is 66.5. The Morgan fingerprint density at radius 2 is 0.551 bits per heavy atom. The molecule has 0 aromatic heterocycles. The summed E-state index contributed by atoms with van der Waals surface area (Å²) in [4.78, 5) is 3.91. The first-order valence-corrected chi connectivity index (χ1v) is 32.4. The van der Waals surface area contributed by atoms with Gasteiger partial charge >= 0.3 is 0 Å². The van der Waals surface area contributed by atoms with Crippen molar-refractivity contribution in [3.63, 3.8) is 0 Å². The van der Waals surface area contributed by atoms with Crippen molar-refractivity contribution < 1.29 is 27.0 Å². The minimum absolute atomic E-state index is 0.424. The van der Waals surface area contributed by atoms with Crippen LogP contribution in [0.5, 0.6) is 23.0 Å². The fraction of sp³-hybridized carbons (Fsp3) is 0.0222. The Bertz CT molecular complexity index is 5000. The summed E-state index contributed by atoms with van der Waals surface area (Å²) in [6.07, 6.45) is 3.60. The molecule has 0 spiro atoms. The molecule has 14 aromatic carbocycles. The van der Waals surface area contributed by atoms with Crippen LogP contribution in [0.25, 0.3) is 45.5 Å². The minimum atomic E-state index is -0.975. The first-order valence-electron chi connectivity index (χ1n) is 32.4. The normalized spacial score (nSPS) is 14.7. The molecule has 14 aromatic rings. The molecule has 0 radical (unpaired) electrons. The molecule has 0 N–H and O–H groups in total. The third-order valence-electron chi connectivity index (χ3n) is 19.2. The van der Waals surface area contributed by atoms with Crippen molar-refractivity contribution in [3.05, 3.63) is 420 Å². The highest BCUT2D eigenvalue weighted by atomic mass is 19.2. The first kappa shape index (κ1) is 60.4. The first-order chi connectivity index (χ1) is 48.1. The van der Waals surface area contributed by atoms with Crippen molar-refractivity contribution in [3.8, 4) is 56.4 Å². The van der Waals surface area contributed by atoms with Crippen LogP contribution in [0.1, 0.15) is 55.6 Å². The van der Waals surface area contributed by atoms with Crippen LogP contribution in [-0.2, 0) is 10.8 Å². The highest BCUT2D eigenvalue weighted by Crippen LogP contribution is 2.60. The average molecular weight is 1280 g/mol. The van der Waals surface area contributed by atoms with Crippen LogP contribution in [0, 0.1) is 23.3 Å². The molecule has 0 saturated carbocycles. The molecule has 2 aliphatic carbocycles. The van der Waals surface area contributed by atoms with Crippen LogP contribution in [0.2, 0.25) is 0 Å². The van der Waals surface area contributed by atoms with E-state index < -0.39 is 34.1 Å². The topological polar surface area (TPSA) is 24.9 Å². The van der Waals surface area contributed by atoms with Crippen molar-refractivity contribution in [2.75, 3.05) is 9.80 Å². The number of hydrogen-bond acceptors (Lipinski definition) is 4. The zero-order valence-electron chi connectivity index (χ0n) is 53.0. The summed E-state index contributed by atoms with van der Waals surface area (Å²) in [7, 11) is 0. The van der Waals surface area contributed by atoms with Crippen molar-refractivity contribution in [1.82, 2.24) is 0 Å². The van der Waals surface area contributed by atoms with Gasteiger partial charge in [0.25, 0.3) is 0 Å². The Morgan fingerprint density at radius 3 is 0.908 bits per heavy atom. The molecule has 0 saturated heterocycles. The van der Waals surface area contributed by atoms with Gasteiger partial charge in [-0.05, 0) is 210 Å². The van der Waals surface area contributed by atoms with E-state index in [9.17, 15) is 8.78 Å². The molecular weight excluding hydrogens is 1220 g/mol. The molecule has 8 heteroatoms. The van der Waals surface area contributed by atoms with Crippen molar-refractivity contribution in [2.24, 2.45) is 0 Å². The van der Waals surface area contributed by atoms with E-state index in [2.05, 4.69) is 159 Å². The molecular formula is C90H60F4N2O2. The predicted molar refractivity (Wildman–Crippen MR) is 389 cm³/mol. The summed E-state index contributed by atoms with van der Waals surface area (Å²) >= 11 is 0. The van der Waals surface area contributed by atoms with Gasteiger partial charge in [-0.3, -0.25) is 0 Å². The van der Waals surface area contributed by atoms with Crippen LogP contribution in [-0.4, -0.2) is 0 Å². The second-order valence-corrected chi connectivity index (χ2v) is 24.5. The van der Waals surface area contributed by atoms with E-state index in [1.807, 2.05) is 155 Å². The van der Waals surface area contributed by atoms with Gasteiger partial charge in [0, 0.05) is 46.3 Å². The number of halogens is 4. The Hall–Kier alpha value is -12.5. The minimum Gasteiger partial charge on any atom is -0.457 e. The van der Waals surface area contributed by atoms with Crippen LogP contribution >= 0.6 is 0 Å². The number of rotatable bonds is 17. The summed E-state index contributed by atoms with van der Waals surface area (Å²) in [5, 5.41) is 0. The molecule has 0 aliphatic heterocycles. The zero-order valence-corrected chi connectivity index (χ0v) is 53.0. The predicted octanol–water partition coefficient (Wildman–Crippen LogP) is 24.4. The van der Waals surface area contributed by atoms with E-state index in [4.69, 9.17) is 9.47 Å². The summed E-state index contributed by atoms with van der Waals surface area (Å²) in [6, 6.07) is 107. The third-order valence-corrected chi connectivity index (χ3v) is 19.2. The van der Waals surface area contributed by atoms with E-state index in [0.29, 0.717) is 45.7 Å². The van der Waals surface area contributed by atoms with Gasteiger partial charge in [-0.1, -0.05) is 219 Å². The summed E-state index contributed by atoms with van der Waals surface area (Å²) in [6.45, 7) is 7.77. The fourth-order valence-corrected chi connectivity index (χ4v) is 14.7. The number of hydrogen-bond donors (Lipinski definition) is 0. The van der Waals surface area contributed by atoms with Gasteiger partial charge in [-0.25, -0.2) is 17.6 Å². The Morgan fingerprint density at radius 1 is 0.255 bits per heavy atom. The molecule has 4 nitrogen and oxygen atoms in total. The van der Waals surface area contributed by atoms with Gasteiger partial charge in [0.2, 0.25) is 0 Å². The standard InChI is InChI=1S/C90H60F4N2O2/c1-3-59-23-43-73(44-24-59)97-75-47-31-65(32-48-75)89(63-15-7-5-8-16-63)81-21-13-11-19-77(81)79-51-39-69(55-83(79)89)95(71-41-53-85(91)87(93)57-71)67-35-27-61(28-36-67)62-29-37-68(38-30-62)96(72-42-54-86(92)88(94)58-72)70-40-52-80-78-20-12-14-22-82(78)90(84(80)56-70,64-17-9-6-10-18-64)66-33-49-76(50-34-66)98-74-45-25-60(4-2)26-46-74/h3-58H,1-2H2. The lowest BCUT2D eigenvalue weighted by Gasteiger charge is -2.35. The average Bonchev–Trinajstić information content (AvgIpc) is 1.53.